The fraction of sp³-hybridized carbons (Fsp3) is 0.750. The summed E-state index contributed by atoms with van der Waals surface area (Å²) in [5, 5.41) is 8.90. The van der Waals surface area contributed by atoms with E-state index in [9.17, 15) is 0 Å². The van der Waals surface area contributed by atoms with E-state index in [0.717, 1.165) is 12.2 Å². The number of rotatable bonds is 18. The second-order valence-corrected chi connectivity index (χ2v) is 7.53. The van der Waals surface area contributed by atoms with E-state index in [-0.39, 0.29) is 6.61 Å². The van der Waals surface area contributed by atoms with Gasteiger partial charge in [-0.1, -0.05) is 109 Å². The van der Waals surface area contributed by atoms with Crippen LogP contribution in [-0.4, -0.2) is 18.3 Å². The fourth-order valence-corrected chi connectivity index (χ4v) is 3.52. The van der Waals surface area contributed by atoms with E-state index in [2.05, 4.69) is 19.1 Å². The summed E-state index contributed by atoms with van der Waals surface area (Å²) in [4.78, 5) is 0. The zero-order valence-corrected chi connectivity index (χ0v) is 17.2. The Labute approximate surface area is 162 Å². The molecule has 1 rings (SSSR count). The van der Waals surface area contributed by atoms with Gasteiger partial charge in [-0.2, -0.15) is 0 Å². The molecule has 0 radical (unpaired) electrons. The number of aliphatic hydroxyl groups excluding tert-OH is 1. The molecule has 2 nitrogen and oxygen atoms in total. The topological polar surface area (TPSA) is 29.5 Å². The van der Waals surface area contributed by atoms with Crippen molar-refractivity contribution in [3.8, 4) is 5.75 Å². The quantitative estimate of drug-likeness (QED) is 0.283. The van der Waals surface area contributed by atoms with E-state index in [1.54, 1.807) is 0 Å². The molecular weight excluding hydrogens is 320 g/mol. The fourth-order valence-electron chi connectivity index (χ4n) is 3.52. The number of aliphatic hydroxyl groups is 1. The molecule has 0 heterocycles. The molecule has 0 spiro atoms. The van der Waals surface area contributed by atoms with Gasteiger partial charge in [-0.05, 0) is 24.5 Å². The van der Waals surface area contributed by atoms with Gasteiger partial charge < -0.3 is 9.84 Å². The summed E-state index contributed by atoms with van der Waals surface area (Å²) in [5.41, 5.74) is 1.28. The molecule has 0 amide bonds. The maximum atomic E-state index is 8.90. The van der Waals surface area contributed by atoms with Crippen LogP contribution in [0.2, 0.25) is 0 Å². The molecule has 0 atom stereocenters. The second-order valence-electron chi connectivity index (χ2n) is 7.53. The van der Waals surface area contributed by atoms with Gasteiger partial charge in [0.2, 0.25) is 0 Å². The van der Waals surface area contributed by atoms with Crippen LogP contribution in [0.15, 0.2) is 24.3 Å². The van der Waals surface area contributed by atoms with Crippen molar-refractivity contribution in [2.24, 2.45) is 0 Å². The molecule has 0 aliphatic rings. The van der Waals surface area contributed by atoms with E-state index >= 15 is 0 Å². The van der Waals surface area contributed by atoms with Crippen molar-refractivity contribution >= 4 is 0 Å². The third-order valence-corrected chi connectivity index (χ3v) is 5.12. The van der Waals surface area contributed by atoms with Gasteiger partial charge in [0.05, 0.1) is 6.61 Å². The molecule has 0 aliphatic carbocycles. The minimum atomic E-state index is 0.0766. The van der Waals surface area contributed by atoms with E-state index in [0.29, 0.717) is 6.61 Å². The summed E-state index contributed by atoms with van der Waals surface area (Å²) in [6, 6.07) is 8.23. The number of hydrogen-bond donors (Lipinski definition) is 1. The van der Waals surface area contributed by atoms with Crippen molar-refractivity contribution < 1.29 is 9.84 Å². The molecule has 150 valence electrons. The molecule has 1 aromatic carbocycles. The first-order valence-electron chi connectivity index (χ1n) is 11.2. The number of hydrogen-bond acceptors (Lipinski definition) is 2. The van der Waals surface area contributed by atoms with E-state index in [4.69, 9.17) is 9.84 Å². The minimum absolute atomic E-state index is 0.0766. The lowest BCUT2D eigenvalue weighted by Crippen LogP contribution is -2.03. The van der Waals surface area contributed by atoms with Gasteiger partial charge in [-0.15, -0.1) is 0 Å². The van der Waals surface area contributed by atoms with Gasteiger partial charge in [0.15, 0.2) is 0 Å². The van der Waals surface area contributed by atoms with Gasteiger partial charge in [0.25, 0.3) is 0 Å². The van der Waals surface area contributed by atoms with Gasteiger partial charge in [0, 0.05) is 0 Å². The normalized spacial score (nSPS) is 11.0. The molecule has 1 aromatic rings. The summed E-state index contributed by atoms with van der Waals surface area (Å²) in [6.07, 6.45) is 20.6. The Morgan fingerprint density at radius 2 is 1.19 bits per heavy atom. The van der Waals surface area contributed by atoms with Crippen LogP contribution in [0.1, 0.15) is 102 Å². The highest BCUT2D eigenvalue weighted by Gasteiger charge is 2.02. The minimum Gasteiger partial charge on any atom is -0.491 e. The molecule has 0 aromatic heterocycles. The van der Waals surface area contributed by atoms with E-state index < -0.39 is 0 Å². The van der Waals surface area contributed by atoms with Crippen molar-refractivity contribution in [1.29, 1.82) is 0 Å². The highest BCUT2D eigenvalue weighted by Crippen LogP contribution is 2.21. The van der Waals surface area contributed by atoms with Crippen molar-refractivity contribution in [2.75, 3.05) is 13.2 Å². The summed E-state index contributed by atoms with van der Waals surface area (Å²) in [5.74, 6) is 0.941. The molecular formula is C24H42O2. The Morgan fingerprint density at radius 3 is 1.73 bits per heavy atom. The maximum Gasteiger partial charge on any atom is 0.122 e. The lowest BCUT2D eigenvalue weighted by molar-refractivity contribution is 0.200. The number of aryl methyl sites for hydroxylation is 1. The predicted molar refractivity (Wildman–Crippen MR) is 113 cm³/mol. The van der Waals surface area contributed by atoms with Gasteiger partial charge in [-0.3, -0.25) is 0 Å². The first kappa shape index (κ1) is 23.0. The van der Waals surface area contributed by atoms with Crippen LogP contribution < -0.4 is 4.74 Å². The van der Waals surface area contributed by atoms with Crippen molar-refractivity contribution in [1.82, 2.24) is 0 Å². The zero-order valence-electron chi connectivity index (χ0n) is 17.2. The maximum absolute atomic E-state index is 8.90. The summed E-state index contributed by atoms with van der Waals surface area (Å²) in [6.45, 7) is 2.75. The lowest BCUT2D eigenvalue weighted by Gasteiger charge is -2.10. The molecule has 26 heavy (non-hydrogen) atoms. The number of para-hydroxylation sites is 1. The molecule has 0 aliphatic heterocycles. The zero-order chi connectivity index (χ0) is 18.7. The average molecular weight is 363 g/mol. The Hall–Kier alpha value is -1.02. The molecule has 0 bridgehead atoms. The monoisotopic (exact) mass is 362 g/mol. The number of unbranched alkanes of at least 4 members (excludes halogenated alkanes) is 13. The largest absolute Gasteiger partial charge is 0.491 e. The Balaban J connectivity index is 1.91. The first-order valence-corrected chi connectivity index (χ1v) is 11.2. The summed E-state index contributed by atoms with van der Waals surface area (Å²) in [7, 11) is 0. The van der Waals surface area contributed by atoms with Crippen LogP contribution in [0.3, 0.4) is 0 Å². The van der Waals surface area contributed by atoms with Crippen molar-refractivity contribution in [2.45, 2.75) is 103 Å². The summed E-state index contributed by atoms with van der Waals surface area (Å²) < 4.78 is 5.61. The van der Waals surface area contributed by atoms with Crippen molar-refractivity contribution in [3.63, 3.8) is 0 Å². The highest BCUT2D eigenvalue weighted by atomic mass is 16.5. The van der Waals surface area contributed by atoms with E-state index in [1.165, 1.54) is 95.5 Å². The van der Waals surface area contributed by atoms with Gasteiger partial charge >= 0.3 is 0 Å². The highest BCUT2D eigenvalue weighted by molar-refractivity contribution is 5.33. The Kier molecular flexibility index (Phi) is 15.4. The van der Waals surface area contributed by atoms with Gasteiger partial charge in [-0.25, -0.2) is 0 Å². The third-order valence-electron chi connectivity index (χ3n) is 5.12. The van der Waals surface area contributed by atoms with Crippen molar-refractivity contribution in [3.05, 3.63) is 29.8 Å². The molecule has 1 N–H and O–H groups in total. The SMILES string of the molecule is CCCCCCCCCCCCCCCCc1ccccc1OCCO. The standard InChI is InChI=1S/C24H42O2/c1-2-3-4-5-6-7-8-9-10-11-12-13-14-15-18-23-19-16-17-20-24(23)26-22-21-25/h16-17,19-20,25H,2-15,18,21-22H2,1H3. The van der Waals surface area contributed by atoms with Crippen LogP contribution in [0.4, 0.5) is 0 Å². The molecule has 0 fully saturated rings. The van der Waals surface area contributed by atoms with Crippen LogP contribution in [0, 0.1) is 0 Å². The third kappa shape index (κ3) is 12.4. The second kappa shape index (κ2) is 17.4. The van der Waals surface area contributed by atoms with Crippen LogP contribution in [0.5, 0.6) is 5.75 Å². The van der Waals surface area contributed by atoms with Crippen LogP contribution in [-0.2, 0) is 6.42 Å². The molecule has 0 unspecified atom stereocenters. The lowest BCUT2D eigenvalue weighted by atomic mass is 10.0. The van der Waals surface area contributed by atoms with Crippen LogP contribution in [0.25, 0.3) is 0 Å². The first-order chi connectivity index (χ1) is 12.9. The molecule has 0 saturated carbocycles. The molecule has 0 saturated heterocycles. The smallest absolute Gasteiger partial charge is 0.122 e. The Bertz CT molecular complexity index is 416. The van der Waals surface area contributed by atoms with Gasteiger partial charge in [0.1, 0.15) is 12.4 Å². The summed E-state index contributed by atoms with van der Waals surface area (Å²) >= 11 is 0. The average Bonchev–Trinajstić information content (AvgIpc) is 2.67. The molecule has 2 heteroatoms. The number of ether oxygens (including phenoxy) is 1. The number of benzene rings is 1. The predicted octanol–water partition coefficient (Wildman–Crippen LogP) is 7.08. The van der Waals surface area contributed by atoms with Crippen LogP contribution >= 0.6 is 0 Å². The Morgan fingerprint density at radius 1 is 0.692 bits per heavy atom. The van der Waals surface area contributed by atoms with E-state index in [1.807, 2.05) is 12.1 Å².